The Morgan fingerprint density at radius 2 is 2.50 bits per heavy atom. The molecule has 0 N–H and O–H groups in total. The van der Waals surface area contributed by atoms with E-state index in [9.17, 15) is 4.79 Å². The van der Waals surface area contributed by atoms with Gasteiger partial charge in [-0.05, 0) is 12.2 Å². The minimum atomic E-state index is 0.239. The molecule has 4 heteroatoms. The first-order chi connectivity index (χ1) is 6.81. The molecule has 1 aliphatic heterocycles. The fraction of sp³-hybridized carbons (Fsp3) is 0.500. The van der Waals surface area contributed by atoms with Crippen molar-refractivity contribution >= 4 is 28.9 Å². The summed E-state index contributed by atoms with van der Waals surface area (Å²) < 4.78 is 5.06. The van der Waals surface area contributed by atoms with E-state index in [1.54, 1.807) is 7.11 Å². The minimum absolute atomic E-state index is 0.239. The van der Waals surface area contributed by atoms with Crippen molar-refractivity contribution in [2.75, 3.05) is 18.6 Å². The third-order valence-electron chi connectivity index (χ3n) is 2.35. The summed E-state index contributed by atoms with van der Waals surface area (Å²) in [5.41, 5.74) is 0. The first-order valence-electron chi connectivity index (χ1n) is 4.55. The molecule has 0 aliphatic carbocycles. The van der Waals surface area contributed by atoms with Crippen LogP contribution in [0.3, 0.4) is 0 Å². The Morgan fingerprint density at radius 1 is 1.64 bits per heavy atom. The molecule has 0 amide bonds. The molecule has 0 spiro atoms. The summed E-state index contributed by atoms with van der Waals surface area (Å²) in [6.07, 6.45) is 1.03. The van der Waals surface area contributed by atoms with Crippen LogP contribution in [-0.4, -0.2) is 24.4 Å². The van der Waals surface area contributed by atoms with Crippen molar-refractivity contribution in [1.29, 1.82) is 0 Å². The zero-order chi connectivity index (χ0) is 9.97. The Morgan fingerprint density at radius 3 is 3.07 bits per heavy atom. The Hall–Kier alpha value is -0.480. The normalized spacial score (nSPS) is 21.1. The number of rotatable bonds is 3. The number of methoxy groups -OCH3 is 1. The van der Waals surface area contributed by atoms with Crippen LogP contribution in [0.15, 0.2) is 11.4 Å². The molecule has 1 aliphatic rings. The second-order valence-electron chi connectivity index (χ2n) is 3.28. The number of hydrogen-bond donors (Lipinski definition) is 0. The number of ketones is 1. The maximum Gasteiger partial charge on any atom is 0.176 e. The summed E-state index contributed by atoms with van der Waals surface area (Å²) in [7, 11) is 1.63. The van der Waals surface area contributed by atoms with Crippen molar-refractivity contribution in [1.82, 2.24) is 0 Å². The lowest BCUT2D eigenvalue weighted by atomic mass is 10.0. The second-order valence-corrected chi connectivity index (χ2v) is 5.34. The number of carbonyl (C=O) groups is 1. The van der Waals surface area contributed by atoms with Crippen LogP contribution in [0.5, 0.6) is 5.75 Å². The van der Waals surface area contributed by atoms with Crippen LogP contribution in [0, 0.1) is 5.92 Å². The fourth-order valence-corrected chi connectivity index (χ4v) is 3.59. The molecular formula is C10H12O2S2. The molecule has 1 aromatic heterocycles. The molecule has 2 rings (SSSR count). The molecule has 1 atom stereocenters. The van der Waals surface area contributed by atoms with E-state index in [1.807, 2.05) is 23.2 Å². The Labute approximate surface area is 91.7 Å². The van der Waals surface area contributed by atoms with Crippen LogP contribution in [0.1, 0.15) is 16.1 Å². The van der Waals surface area contributed by atoms with Gasteiger partial charge in [-0.2, -0.15) is 11.8 Å². The molecule has 0 saturated carbocycles. The SMILES string of the molecule is COc1csc(C(=O)C2CCSC2)c1. The van der Waals surface area contributed by atoms with Crippen LogP contribution >= 0.6 is 23.1 Å². The maximum absolute atomic E-state index is 11.9. The number of thioether (sulfide) groups is 1. The molecule has 2 nitrogen and oxygen atoms in total. The summed E-state index contributed by atoms with van der Waals surface area (Å²) in [6, 6.07) is 1.84. The lowest BCUT2D eigenvalue weighted by molar-refractivity contribution is 0.0937. The molecule has 76 valence electrons. The van der Waals surface area contributed by atoms with Gasteiger partial charge in [-0.25, -0.2) is 0 Å². The summed E-state index contributed by atoms with van der Waals surface area (Å²) in [5, 5.41) is 1.88. The van der Waals surface area contributed by atoms with E-state index in [2.05, 4.69) is 0 Å². The first kappa shape index (κ1) is 10.1. The highest BCUT2D eigenvalue weighted by molar-refractivity contribution is 7.99. The molecule has 2 heterocycles. The molecule has 0 bridgehead atoms. The van der Waals surface area contributed by atoms with Crippen LogP contribution in [0.25, 0.3) is 0 Å². The van der Waals surface area contributed by atoms with E-state index >= 15 is 0 Å². The minimum Gasteiger partial charge on any atom is -0.496 e. The topological polar surface area (TPSA) is 26.3 Å². The average Bonchev–Trinajstić information content (AvgIpc) is 2.88. The highest BCUT2D eigenvalue weighted by Crippen LogP contribution is 2.30. The Balaban J connectivity index is 2.09. The van der Waals surface area contributed by atoms with E-state index in [0.29, 0.717) is 5.78 Å². The van der Waals surface area contributed by atoms with Crippen LogP contribution in [0.4, 0.5) is 0 Å². The van der Waals surface area contributed by atoms with Gasteiger partial charge in [0.05, 0.1) is 12.0 Å². The quantitative estimate of drug-likeness (QED) is 0.744. The average molecular weight is 228 g/mol. The maximum atomic E-state index is 11.9. The van der Waals surface area contributed by atoms with Crippen LogP contribution in [-0.2, 0) is 0 Å². The lowest BCUT2D eigenvalue weighted by Crippen LogP contribution is -2.12. The van der Waals surface area contributed by atoms with Crippen molar-refractivity contribution in [3.63, 3.8) is 0 Å². The monoisotopic (exact) mass is 228 g/mol. The molecule has 14 heavy (non-hydrogen) atoms. The summed E-state index contributed by atoms with van der Waals surface area (Å²) in [5.74, 6) is 3.44. The van der Waals surface area contributed by atoms with Crippen molar-refractivity contribution in [3.05, 3.63) is 16.3 Å². The summed E-state index contributed by atoms with van der Waals surface area (Å²) >= 11 is 3.36. The van der Waals surface area contributed by atoms with Crippen molar-refractivity contribution in [2.24, 2.45) is 5.92 Å². The third-order valence-corrected chi connectivity index (χ3v) is 4.44. The van der Waals surface area contributed by atoms with Gasteiger partial charge in [0.15, 0.2) is 5.78 Å². The van der Waals surface area contributed by atoms with Gasteiger partial charge in [0.1, 0.15) is 5.75 Å². The lowest BCUT2D eigenvalue weighted by Gasteiger charge is -2.03. The smallest absolute Gasteiger partial charge is 0.176 e. The molecule has 1 fully saturated rings. The van der Waals surface area contributed by atoms with Crippen molar-refractivity contribution in [2.45, 2.75) is 6.42 Å². The van der Waals surface area contributed by atoms with Crippen molar-refractivity contribution < 1.29 is 9.53 Å². The Kier molecular flexibility index (Phi) is 3.13. The first-order valence-corrected chi connectivity index (χ1v) is 6.59. The third kappa shape index (κ3) is 1.96. The molecule has 1 saturated heterocycles. The second kappa shape index (κ2) is 4.36. The molecule has 1 aromatic rings. The highest BCUT2D eigenvalue weighted by Gasteiger charge is 2.25. The highest BCUT2D eigenvalue weighted by atomic mass is 32.2. The standard InChI is InChI=1S/C10H12O2S2/c1-12-8-4-9(14-6-8)10(11)7-2-3-13-5-7/h4,6-7H,2-3,5H2,1H3. The van der Waals surface area contributed by atoms with Gasteiger partial charge in [-0.15, -0.1) is 11.3 Å². The van der Waals surface area contributed by atoms with Gasteiger partial charge < -0.3 is 4.74 Å². The van der Waals surface area contributed by atoms with E-state index < -0.39 is 0 Å². The van der Waals surface area contributed by atoms with E-state index in [4.69, 9.17) is 4.74 Å². The van der Waals surface area contributed by atoms with Gasteiger partial charge >= 0.3 is 0 Å². The number of thiophene rings is 1. The predicted octanol–water partition coefficient (Wildman–Crippen LogP) is 2.69. The molecule has 0 aromatic carbocycles. The van der Waals surface area contributed by atoms with Crippen molar-refractivity contribution in [3.8, 4) is 5.75 Å². The van der Waals surface area contributed by atoms with Crippen LogP contribution in [0.2, 0.25) is 0 Å². The fourth-order valence-electron chi connectivity index (χ4n) is 1.50. The number of Topliss-reactive ketones (excluding diaryl/α,β-unsaturated/α-hetero) is 1. The van der Waals surface area contributed by atoms with E-state index in [1.165, 1.54) is 11.3 Å². The van der Waals surface area contributed by atoms with Gasteiger partial charge in [-0.3, -0.25) is 4.79 Å². The zero-order valence-corrected chi connectivity index (χ0v) is 9.62. The Bertz CT molecular complexity index is 327. The number of carbonyl (C=O) groups excluding carboxylic acids is 1. The summed E-state index contributed by atoms with van der Waals surface area (Å²) in [4.78, 5) is 12.8. The largest absolute Gasteiger partial charge is 0.496 e. The predicted molar refractivity (Wildman–Crippen MR) is 60.6 cm³/mol. The molecule has 1 unspecified atom stereocenters. The molecule has 0 radical (unpaired) electrons. The van der Waals surface area contributed by atoms with E-state index in [0.717, 1.165) is 28.6 Å². The number of hydrogen-bond acceptors (Lipinski definition) is 4. The van der Waals surface area contributed by atoms with Gasteiger partial charge in [0.25, 0.3) is 0 Å². The number of ether oxygens (including phenoxy) is 1. The van der Waals surface area contributed by atoms with Crippen LogP contribution < -0.4 is 4.74 Å². The van der Waals surface area contributed by atoms with Gasteiger partial charge in [0.2, 0.25) is 0 Å². The summed E-state index contributed by atoms with van der Waals surface area (Å²) in [6.45, 7) is 0. The molecular weight excluding hydrogens is 216 g/mol. The van der Waals surface area contributed by atoms with Gasteiger partial charge in [0, 0.05) is 23.1 Å². The van der Waals surface area contributed by atoms with Gasteiger partial charge in [-0.1, -0.05) is 0 Å². The zero-order valence-electron chi connectivity index (χ0n) is 7.99. The van der Waals surface area contributed by atoms with E-state index in [-0.39, 0.29) is 5.92 Å².